The van der Waals surface area contributed by atoms with E-state index in [2.05, 4.69) is 27.6 Å². The average Bonchev–Trinajstić information content (AvgIpc) is 2.90. The Kier molecular flexibility index (Phi) is 4.63. The van der Waals surface area contributed by atoms with E-state index in [0.717, 1.165) is 3.57 Å². The van der Waals surface area contributed by atoms with Gasteiger partial charge in [0.15, 0.2) is 5.70 Å². The Morgan fingerprint density at radius 3 is 2.58 bits per heavy atom. The molecule has 0 aliphatic carbocycles. The van der Waals surface area contributed by atoms with Crippen molar-refractivity contribution in [1.82, 2.24) is 0 Å². The molecule has 8 heteroatoms. The number of hydrogen-bond acceptors (Lipinski definition) is 5. The van der Waals surface area contributed by atoms with Gasteiger partial charge in [0.05, 0.1) is 4.92 Å². The van der Waals surface area contributed by atoms with Gasteiger partial charge in [-0.1, -0.05) is 17.7 Å². The van der Waals surface area contributed by atoms with Crippen LogP contribution >= 0.6 is 34.2 Å². The van der Waals surface area contributed by atoms with Crippen molar-refractivity contribution in [2.75, 3.05) is 0 Å². The predicted molar refractivity (Wildman–Crippen MR) is 97.9 cm³/mol. The number of benzene rings is 2. The molecule has 0 N–H and O–H groups in total. The van der Waals surface area contributed by atoms with Crippen LogP contribution < -0.4 is 0 Å². The molecule has 3 rings (SSSR count). The Morgan fingerprint density at radius 2 is 1.92 bits per heavy atom. The minimum atomic E-state index is -0.610. The van der Waals surface area contributed by atoms with Gasteiger partial charge in [-0.15, -0.1) is 0 Å². The van der Waals surface area contributed by atoms with Crippen molar-refractivity contribution in [3.8, 4) is 0 Å². The fourth-order valence-corrected chi connectivity index (χ4v) is 2.59. The largest absolute Gasteiger partial charge is 0.402 e. The number of nitro benzene ring substituents is 1. The predicted octanol–water partition coefficient (Wildman–Crippen LogP) is 4.20. The molecule has 2 aromatic carbocycles. The molecule has 1 heterocycles. The molecular formula is C16H8ClIN2O4. The summed E-state index contributed by atoms with van der Waals surface area (Å²) in [4.78, 5) is 26.4. The highest BCUT2D eigenvalue weighted by Crippen LogP contribution is 2.27. The molecule has 0 saturated carbocycles. The summed E-state index contributed by atoms with van der Waals surface area (Å²) < 4.78 is 6.20. The van der Waals surface area contributed by atoms with Crippen LogP contribution in [0.3, 0.4) is 0 Å². The molecule has 6 nitrogen and oxygen atoms in total. The van der Waals surface area contributed by atoms with E-state index in [4.69, 9.17) is 16.3 Å². The van der Waals surface area contributed by atoms with Gasteiger partial charge in [0.25, 0.3) is 5.69 Å². The highest BCUT2D eigenvalue weighted by Gasteiger charge is 2.24. The third-order valence-corrected chi connectivity index (χ3v) is 4.22. The summed E-state index contributed by atoms with van der Waals surface area (Å²) in [5.41, 5.74) is 0.944. The Morgan fingerprint density at radius 1 is 1.21 bits per heavy atom. The van der Waals surface area contributed by atoms with Gasteiger partial charge in [-0.25, -0.2) is 9.79 Å². The molecule has 0 aromatic heterocycles. The number of rotatable bonds is 3. The SMILES string of the molecule is O=C1OC(c2ccc(I)cc2)=N/C1=C\c1ccc(Cl)c([N+](=O)[O-])c1. The Labute approximate surface area is 155 Å². The Hall–Kier alpha value is -2.26. The summed E-state index contributed by atoms with van der Waals surface area (Å²) >= 11 is 7.94. The molecule has 0 saturated heterocycles. The standard InChI is InChI=1S/C16H8ClIN2O4/c17-12-6-1-9(8-14(12)20(22)23)7-13-16(21)24-15(19-13)10-2-4-11(18)5-3-10/h1-8H/b13-7-. The van der Waals surface area contributed by atoms with Crippen LogP contribution in [0.15, 0.2) is 53.2 Å². The summed E-state index contributed by atoms with van der Waals surface area (Å²) in [5.74, 6) is -0.410. The number of cyclic esters (lactones) is 1. The van der Waals surface area contributed by atoms with Gasteiger partial charge in [-0.2, -0.15) is 0 Å². The Balaban J connectivity index is 1.95. The lowest BCUT2D eigenvalue weighted by molar-refractivity contribution is -0.384. The average molecular weight is 455 g/mol. The molecule has 0 spiro atoms. The van der Waals surface area contributed by atoms with Crippen molar-refractivity contribution in [2.45, 2.75) is 0 Å². The number of halogens is 2. The summed E-state index contributed by atoms with van der Waals surface area (Å²) in [7, 11) is 0. The molecule has 0 bridgehead atoms. The summed E-state index contributed by atoms with van der Waals surface area (Å²) in [6, 6.07) is 11.6. The highest BCUT2D eigenvalue weighted by molar-refractivity contribution is 14.1. The molecule has 24 heavy (non-hydrogen) atoms. The van der Waals surface area contributed by atoms with Gasteiger partial charge in [0.1, 0.15) is 5.02 Å². The topological polar surface area (TPSA) is 81.8 Å². The maximum absolute atomic E-state index is 11.9. The van der Waals surface area contributed by atoms with Crippen LogP contribution in [0.5, 0.6) is 0 Å². The molecule has 1 aliphatic rings. The van der Waals surface area contributed by atoms with E-state index in [9.17, 15) is 14.9 Å². The normalized spacial score (nSPS) is 15.3. The number of ether oxygens (including phenoxy) is 1. The zero-order chi connectivity index (χ0) is 17.3. The summed E-state index contributed by atoms with van der Waals surface area (Å²) in [6.45, 7) is 0. The van der Waals surface area contributed by atoms with Gasteiger partial charge < -0.3 is 4.74 Å². The van der Waals surface area contributed by atoms with Crippen molar-refractivity contribution >= 4 is 57.8 Å². The molecule has 1 aliphatic heterocycles. The van der Waals surface area contributed by atoms with E-state index in [-0.39, 0.29) is 22.3 Å². The number of carbonyl (C=O) groups is 1. The van der Waals surface area contributed by atoms with Crippen LogP contribution in [0.25, 0.3) is 6.08 Å². The van der Waals surface area contributed by atoms with Crippen molar-refractivity contribution in [2.24, 2.45) is 4.99 Å². The fourth-order valence-electron chi connectivity index (χ4n) is 2.04. The zero-order valence-electron chi connectivity index (χ0n) is 11.9. The lowest BCUT2D eigenvalue weighted by Crippen LogP contribution is -2.05. The molecule has 0 amide bonds. The smallest absolute Gasteiger partial charge is 0.363 e. The molecule has 0 fully saturated rings. The van der Waals surface area contributed by atoms with Gasteiger partial charge in [0, 0.05) is 15.2 Å². The van der Waals surface area contributed by atoms with Crippen LogP contribution in [0.4, 0.5) is 5.69 Å². The van der Waals surface area contributed by atoms with E-state index in [0.29, 0.717) is 11.1 Å². The van der Waals surface area contributed by atoms with Crippen molar-refractivity contribution in [3.05, 3.63) is 78.0 Å². The minimum absolute atomic E-state index is 0.0271. The number of nitrogens with zero attached hydrogens (tertiary/aromatic N) is 2. The lowest BCUT2D eigenvalue weighted by atomic mass is 10.1. The number of esters is 1. The monoisotopic (exact) mass is 454 g/mol. The third kappa shape index (κ3) is 3.46. The van der Waals surface area contributed by atoms with Crippen molar-refractivity contribution in [1.29, 1.82) is 0 Å². The van der Waals surface area contributed by atoms with Crippen molar-refractivity contribution in [3.63, 3.8) is 0 Å². The first-order valence-electron chi connectivity index (χ1n) is 6.66. The number of carbonyl (C=O) groups excluding carboxylic acids is 1. The summed E-state index contributed by atoms with van der Waals surface area (Å²) in [6.07, 6.45) is 1.42. The molecule has 120 valence electrons. The minimum Gasteiger partial charge on any atom is -0.402 e. The molecule has 0 atom stereocenters. The first-order chi connectivity index (χ1) is 11.4. The first kappa shape index (κ1) is 16.6. The summed E-state index contributed by atoms with van der Waals surface area (Å²) in [5, 5.41) is 10.9. The molecule has 2 aromatic rings. The quantitative estimate of drug-likeness (QED) is 0.229. The number of aliphatic imine (C=N–C) groups is 1. The maximum atomic E-state index is 11.9. The van der Waals surface area contributed by atoms with Crippen LogP contribution in [0.2, 0.25) is 5.02 Å². The molecule has 0 radical (unpaired) electrons. The van der Waals surface area contributed by atoms with E-state index < -0.39 is 10.9 Å². The molecular weight excluding hydrogens is 447 g/mol. The second kappa shape index (κ2) is 6.70. The third-order valence-electron chi connectivity index (χ3n) is 3.18. The highest BCUT2D eigenvalue weighted by atomic mass is 127. The zero-order valence-corrected chi connectivity index (χ0v) is 14.8. The van der Waals surface area contributed by atoms with Crippen LogP contribution in [-0.4, -0.2) is 16.8 Å². The van der Waals surface area contributed by atoms with Gasteiger partial charge in [0.2, 0.25) is 5.90 Å². The second-order valence-corrected chi connectivity index (χ2v) is 6.46. The van der Waals surface area contributed by atoms with Crippen LogP contribution in [0, 0.1) is 13.7 Å². The van der Waals surface area contributed by atoms with E-state index in [1.54, 1.807) is 18.2 Å². The van der Waals surface area contributed by atoms with Crippen LogP contribution in [-0.2, 0) is 9.53 Å². The van der Waals surface area contributed by atoms with Crippen molar-refractivity contribution < 1.29 is 14.5 Å². The van der Waals surface area contributed by atoms with Gasteiger partial charge in [-0.05, 0) is 64.6 Å². The number of nitro groups is 1. The maximum Gasteiger partial charge on any atom is 0.363 e. The Bertz CT molecular complexity index is 907. The van der Waals surface area contributed by atoms with E-state index in [1.807, 2.05) is 12.1 Å². The fraction of sp³-hybridized carbons (Fsp3) is 0. The van der Waals surface area contributed by atoms with E-state index in [1.165, 1.54) is 18.2 Å². The van der Waals surface area contributed by atoms with Gasteiger partial charge in [-0.3, -0.25) is 10.1 Å². The lowest BCUT2D eigenvalue weighted by Gasteiger charge is -1.98. The van der Waals surface area contributed by atoms with Gasteiger partial charge >= 0.3 is 5.97 Å². The van der Waals surface area contributed by atoms with E-state index >= 15 is 0 Å². The first-order valence-corrected chi connectivity index (χ1v) is 8.12. The molecule has 0 unspecified atom stereocenters. The van der Waals surface area contributed by atoms with Crippen LogP contribution in [0.1, 0.15) is 11.1 Å². The second-order valence-electron chi connectivity index (χ2n) is 4.81. The number of hydrogen-bond donors (Lipinski definition) is 0.